The summed E-state index contributed by atoms with van der Waals surface area (Å²) < 4.78 is 0. The number of aliphatic hydroxyl groups is 2. The maximum Gasteiger partial charge on any atom is 0.0692 e. The van der Waals surface area contributed by atoms with Gasteiger partial charge in [-0.05, 0) is 37.5 Å². The number of rotatable bonds is 7. The predicted molar refractivity (Wildman–Crippen MR) is 64.6 cm³/mol. The van der Waals surface area contributed by atoms with E-state index in [2.05, 4.69) is 26.8 Å². The second-order valence-electron chi connectivity index (χ2n) is 4.90. The Morgan fingerprint density at radius 3 is 2.00 bits per heavy atom. The van der Waals surface area contributed by atoms with Gasteiger partial charge in [0.25, 0.3) is 0 Å². The van der Waals surface area contributed by atoms with Gasteiger partial charge in [-0.15, -0.1) is 0 Å². The summed E-state index contributed by atoms with van der Waals surface area (Å²) in [5, 5.41) is 18.1. The van der Waals surface area contributed by atoms with Crippen LogP contribution in [0, 0.1) is 17.8 Å². The Morgan fingerprint density at radius 1 is 1.00 bits per heavy atom. The summed E-state index contributed by atoms with van der Waals surface area (Å²) in [5.74, 6) is 1.48. The largest absolute Gasteiger partial charge is 0.396 e. The minimum atomic E-state index is -0.360. The van der Waals surface area contributed by atoms with E-state index in [0.29, 0.717) is 17.8 Å². The fraction of sp³-hybridized carbons (Fsp3) is 0.846. The molecule has 3 atom stereocenters. The highest BCUT2D eigenvalue weighted by atomic mass is 16.3. The highest BCUT2D eigenvalue weighted by Crippen LogP contribution is 2.21. The molecule has 0 aromatic heterocycles. The van der Waals surface area contributed by atoms with Crippen molar-refractivity contribution in [1.29, 1.82) is 0 Å². The first kappa shape index (κ1) is 14.7. The Balaban J connectivity index is 4.05. The summed E-state index contributed by atoms with van der Waals surface area (Å²) in [6.45, 7) is 8.49. The molecule has 0 heterocycles. The molecule has 2 heteroatoms. The van der Waals surface area contributed by atoms with Crippen molar-refractivity contribution in [2.75, 3.05) is 6.61 Å². The molecule has 2 nitrogen and oxygen atoms in total. The lowest BCUT2D eigenvalue weighted by Gasteiger charge is -2.19. The van der Waals surface area contributed by atoms with Crippen molar-refractivity contribution in [2.24, 2.45) is 17.8 Å². The molecule has 0 aliphatic rings. The van der Waals surface area contributed by atoms with Crippen molar-refractivity contribution in [1.82, 2.24) is 0 Å². The molecule has 0 aromatic rings. The fourth-order valence-corrected chi connectivity index (χ4v) is 1.52. The van der Waals surface area contributed by atoms with Gasteiger partial charge in [0, 0.05) is 6.61 Å². The van der Waals surface area contributed by atoms with Crippen molar-refractivity contribution >= 4 is 0 Å². The highest BCUT2D eigenvalue weighted by Gasteiger charge is 2.11. The molecule has 0 rings (SSSR count). The Morgan fingerprint density at radius 2 is 1.60 bits per heavy atom. The zero-order chi connectivity index (χ0) is 11.8. The lowest BCUT2D eigenvalue weighted by Crippen LogP contribution is -2.10. The zero-order valence-corrected chi connectivity index (χ0v) is 10.5. The van der Waals surface area contributed by atoms with Crippen LogP contribution < -0.4 is 0 Å². The average molecular weight is 214 g/mol. The van der Waals surface area contributed by atoms with Crippen LogP contribution in [0.2, 0.25) is 0 Å². The van der Waals surface area contributed by atoms with Gasteiger partial charge < -0.3 is 10.2 Å². The average Bonchev–Trinajstić information content (AvgIpc) is 2.16. The summed E-state index contributed by atoms with van der Waals surface area (Å²) >= 11 is 0. The van der Waals surface area contributed by atoms with Gasteiger partial charge in [0.2, 0.25) is 0 Å². The molecule has 0 radical (unpaired) electrons. The van der Waals surface area contributed by atoms with Crippen LogP contribution in [0.3, 0.4) is 0 Å². The SMILES string of the molecule is CC(C)[C@@H](/C=C\[C@@H](C)O)CC[C@@H](C)CO. The quantitative estimate of drug-likeness (QED) is 0.640. The van der Waals surface area contributed by atoms with Crippen molar-refractivity contribution in [2.45, 2.75) is 46.6 Å². The molecule has 0 fully saturated rings. The van der Waals surface area contributed by atoms with Crippen LogP contribution in [0.5, 0.6) is 0 Å². The fourth-order valence-electron chi connectivity index (χ4n) is 1.52. The molecule has 0 aliphatic heterocycles. The normalized spacial score (nSPS) is 18.3. The van der Waals surface area contributed by atoms with Gasteiger partial charge in [-0.25, -0.2) is 0 Å². The van der Waals surface area contributed by atoms with E-state index < -0.39 is 0 Å². The maximum absolute atomic E-state index is 9.18. The monoisotopic (exact) mass is 214 g/mol. The Hall–Kier alpha value is -0.340. The lowest BCUT2D eigenvalue weighted by atomic mass is 9.88. The Bertz CT molecular complexity index is 173. The van der Waals surface area contributed by atoms with Crippen LogP contribution in [-0.2, 0) is 0 Å². The molecule has 0 aromatic carbocycles. The van der Waals surface area contributed by atoms with Crippen molar-refractivity contribution in [3.8, 4) is 0 Å². The van der Waals surface area contributed by atoms with E-state index in [0.717, 1.165) is 12.8 Å². The van der Waals surface area contributed by atoms with Gasteiger partial charge in [0.05, 0.1) is 6.10 Å². The summed E-state index contributed by atoms with van der Waals surface area (Å²) in [4.78, 5) is 0. The minimum absolute atomic E-state index is 0.269. The molecule has 0 unspecified atom stereocenters. The van der Waals surface area contributed by atoms with E-state index in [9.17, 15) is 5.11 Å². The van der Waals surface area contributed by atoms with Gasteiger partial charge in [-0.3, -0.25) is 0 Å². The summed E-state index contributed by atoms with van der Waals surface area (Å²) in [6, 6.07) is 0. The predicted octanol–water partition coefficient (Wildman–Crippen LogP) is 2.60. The third kappa shape index (κ3) is 7.57. The Labute approximate surface area is 94.0 Å². The number of hydrogen-bond acceptors (Lipinski definition) is 2. The topological polar surface area (TPSA) is 40.5 Å². The molecule has 0 spiro atoms. The smallest absolute Gasteiger partial charge is 0.0692 e. The molecule has 0 saturated heterocycles. The molecular formula is C13H26O2. The van der Waals surface area contributed by atoms with E-state index in [1.54, 1.807) is 6.92 Å². The molecule has 0 amide bonds. The van der Waals surface area contributed by atoms with E-state index in [1.807, 2.05) is 6.08 Å². The van der Waals surface area contributed by atoms with E-state index >= 15 is 0 Å². The summed E-state index contributed by atoms with van der Waals surface area (Å²) in [6.07, 6.45) is 5.74. The third-order valence-electron chi connectivity index (χ3n) is 2.80. The van der Waals surface area contributed by atoms with Gasteiger partial charge in [0.15, 0.2) is 0 Å². The molecule has 0 aliphatic carbocycles. The van der Waals surface area contributed by atoms with E-state index in [-0.39, 0.29) is 12.7 Å². The van der Waals surface area contributed by atoms with Crippen molar-refractivity contribution < 1.29 is 10.2 Å². The van der Waals surface area contributed by atoms with E-state index in [1.165, 1.54) is 0 Å². The maximum atomic E-state index is 9.18. The summed E-state index contributed by atoms with van der Waals surface area (Å²) in [5.41, 5.74) is 0. The second kappa shape index (κ2) is 7.89. The van der Waals surface area contributed by atoms with E-state index in [4.69, 9.17) is 5.11 Å². The Kier molecular flexibility index (Phi) is 7.71. The van der Waals surface area contributed by atoms with Gasteiger partial charge in [0.1, 0.15) is 0 Å². The molecule has 15 heavy (non-hydrogen) atoms. The van der Waals surface area contributed by atoms with Crippen molar-refractivity contribution in [3.63, 3.8) is 0 Å². The van der Waals surface area contributed by atoms with Crippen LogP contribution in [0.1, 0.15) is 40.5 Å². The molecule has 2 N–H and O–H groups in total. The number of allylic oxidation sites excluding steroid dienone is 1. The van der Waals surface area contributed by atoms with Gasteiger partial charge in [-0.1, -0.05) is 32.9 Å². The second-order valence-corrected chi connectivity index (χ2v) is 4.90. The van der Waals surface area contributed by atoms with Crippen LogP contribution in [0.15, 0.2) is 12.2 Å². The highest BCUT2D eigenvalue weighted by molar-refractivity contribution is 4.93. The lowest BCUT2D eigenvalue weighted by molar-refractivity contribution is 0.219. The van der Waals surface area contributed by atoms with Crippen LogP contribution in [0.25, 0.3) is 0 Å². The van der Waals surface area contributed by atoms with Crippen LogP contribution in [0.4, 0.5) is 0 Å². The number of hydrogen-bond donors (Lipinski definition) is 2. The number of aliphatic hydroxyl groups excluding tert-OH is 2. The minimum Gasteiger partial charge on any atom is -0.396 e. The van der Waals surface area contributed by atoms with Gasteiger partial charge in [-0.2, -0.15) is 0 Å². The molecule has 0 saturated carbocycles. The zero-order valence-electron chi connectivity index (χ0n) is 10.5. The first-order valence-electron chi connectivity index (χ1n) is 5.94. The van der Waals surface area contributed by atoms with Crippen LogP contribution in [-0.4, -0.2) is 22.9 Å². The van der Waals surface area contributed by atoms with Gasteiger partial charge >= 0.3 is 0 Å². The summed E-state index contributed by atoms with van der Waals surface area (Å²) in [7, 11) is 0. The standard InChI is InChI=1S/C13H26O2/c1-10(2)13(8-6-12(4)15)7-5-11(3)9-14/h6,8,10-15H,5,7,9H2,1-4H3/b8-6-/t11-,12-,13-/m1/s1. The third-order valence-corrected chi connectivity index (χ3v) is 2.80. The molecule has 0 bridgehead atoms. The molecule has 90 valence electrons. The first-order chi connectivity index (χ1) is 6.97. The van der Waals surface area contributed by atoms with Crippen LogP contribution >= 0.6 is 0 Å². The van der Waals surface area contributed by atoms with Crippen molar-refractivity contribution in [3.05, 3.63) is 12.2 Å². The molecular weight excluding hydrogens is 188 g/mol. The first-order valence-corrected chi connectivity index (χ1v) is 5.94.